The van der Waals surface area contributed by atoms with Crippen molar-refractivity contribution in [2.24, 2.45) is 12.1 Å². The molecule has 2 N–H and O–H groups in total. The van der Waals surface area contributed by atoms with E-state index in [0.717, 1.165) is 11.4 Å². The maximum atomic E-state index is 13.0. The predicted octanol–water partition coefficient (Wildman–Crippen LogP) is 2.40. The van der Waals surface area contributed by atoms with E-state index >= 15 is 0 Å². The number of anilines is 1. The van der Waals surface area contributed by atoms with Crippen molar-refractivity contribution in [1.29, 1.82) is 0 Å². The number of carbonyl (C=O) groups is 1. The molecule has 0 unspecified atom stereocenters. The highest BCUT2D eigenvalue weighted by molar-refractivity contribution is 6.82. The van der Waals surface area contributed by atoms with Crippen molar-refractivity contribution < 1.29 is 9.53 Å². The minimum Gasteiger partial charge on any atom is -0.461 e. The van der Waals surface area contributed by atoms with Crippen LogP contribution in [0.2, 0.25) is 0 Å². The number of hydrogen-bond acceptors (Lipinski definition) is 6. The molecule has 0 aliphatic rings. The van der Waals surface area contributed by atoms with Crippen molar-refractivity contribution in [2.75, 3.05) is 12.0 Å². The van der Waals surface area contributed by atoms with E-state index in [2.05, 4.69) is 20.7 Å². The minimum atomic E-state index is -0.739. The topological polar surface area (TPSA) is 106 Å². The van der Waals surface area contributed by atoms with Crippen LogP contribution in [-0.4, -0.2) is 37.3 Å². The number of carbonyl (C=O) groups excluding carboxylic acids is 1. The Morgan fingerprint density at radius 2 is 2.07 bits per heavy atom. The highest BCUT2D eigenvalue weighted by Crippen LogP contribution is 2.22. The Balaban J connectivity index is 1.91. The van der Waals surface area contributed by atoms with Gasteiger partial charge in [-0.3, -0.25) is 20.0 Å². The lowest BCUT2D eigenvalue weighted by atomic mass is 10.2. The van der Waals surface area contributed by atoms with E-state index in [1.807, 2.05) is 44.3 Å². The number of rotatable bonds is 6. The summed E-state index contributed by atoms with van der Waals surface area (Å²) in [7, 11) is 1.81. The predicted molar refractivity (Wildman–Crippen MR) is 107 cm³/mol. The van der Waals surface area contributed by atoms with E-state index in [1.165, 1.54) is 0 Å². The first-order chi connectivity index (χ1) is 13.4. The number of hydrazone groups is 1. The third kappa shape index (κ3) is 3.70. The zero-order chi connectivity index (χ0) is 20.3. The maximum Gasteiger partial charge on any atom is 0.370 e. The van der Waals surface area contributed by atoms with Gasteiger partial charge in [0.25, 0.3) is 5.56 Å². The fourth-order valence-electron chi connectivity index (χ4n) is 2.73. The van der Waals surface area contributed by atoms with Gasteiger partial charge in [0.2, 0.25) is 5.17 Å². The van der Waals surface area contributed by atoms with Crippen LogP contribution in [0, 0.1) is 6.92 Å². The highest BCUT2D eigenvalue weighted by Gasteiger charge is 2.19. The van der Waals surface area contributed by atoms with Crippen molar-refractivity contribution in [1.82, 2.24) is 19.6 Å². The number of aromatic amines is 1. The molecule has 0 bridgehead atoms. The van der Waals surface area contributed by atoms with Crippen LogP contribution in [0.5, 0.6) is 0 Å². The van der Waals surface area contributed by atoms with Crippen LogP contribution in [0.25, 0.3) is 16.9 Å². The number of ether oxygens (including phenoxy) is 1. The molecule has 10 heteroatoms. The fraction of sp³-hybridized carbons (Fsp3) is 0.222. The Labute approximate surface area is 165 Å². The molecule has 1 aromatic carbocycles. The molecule has 0 radical (unpaired) electrons. The molecule has 3 aromatic rings. The van der Waals surface area contributed by atoms with Crippen LogP contribution in [0.15, 0.2) is 46.3 Å². The van der Waals surface area contributed by atoms with E-state index < -0.39 is 5.97 Å². The zero-order valence-electron chi connectivity index (χ0n) is 15.6. The lowest BCUT2D eigenvalue weighted by Crippen LogP contribution is -2.20. The van der Waals surface area contributed by atoms with Crippen molar-refractivity contribution in [3.05, 3.63) is 52.4 Å². The van der Waals surface area contributed by atoms with Gasteiger partial charge in [0.1, 0.15) is 0 Å². The summed E-state index contributed by atoms with van der Waals surface area (Å²) in [6, 6.07) is 11.0. The SMILES string of the molecule is CCOC(=O)C(Cl)=NNc1cc(-c2c(C)n(C)n(-c3ccccc3)c2=O)[nH]n1. The van der Waals surface area contributed by atoms with E-state index in [1.54, 1.807) is 22.4 Å². The lowest BCUT2D eigenvalue weighted by Gasteiger charge is -2.07. The molecule has 146 valence electrons. The summed E-state index contributed by atoms with van der Waals surface area (Å²) in [6.45, 7) is 3.71. The molecular weight excluding hydrogens is 384 g/mol. The molecule has 9 nitrogen and oxygen atoms in total. The summed E-state index contributed by atoms with van der Waals surface area (Å²) in [5, 5.41) is 10.2. The van der Waals surface area contributed by atoms with Crippen LogP contribution in [-0.2, 0) is 16.6 Å². The molecule has 0 saturated heterocycles. The number of hydrogen-bond donors (Lipinski definition) is 2. The van der Waals surface area contributed by atoms with E-state index in [9.17, 15) is 9.59 Å². The Bertz CT molecular complexity index is 1080. The number of para-hydroxylation sites is 1. The molecule has 0 atom stereocenters. The molecule has 0 fully saturated rings. The third-order valence-corrected chi connectivity index (χ3v) is 4.35. The lowest BCUT2D eigenvalue weighted by molar-refractivity contribution is -0.134. The van der Waals surface area contributed by atoms with Gasteiger partial charge in [0, 0.05) is 18.8 Å². The first-order valence-electron chi connectivity index (χ1n) is 8.50. The van der Waals surface area contributed by atoms with Gasteiger partial charge in [-0.25, -0.2) is 9.48 Å². The smallest absolute Gasteiger partial charge is 0.370 e. The van der Waals surface area contributed by atoms with Crippen molar-refractivity contribution in [2.45, 2.75) is 13.8 Å². The van der Waals surface area contributed by atoms with Gasteiger partial charge in [-0.15, -0.1) is 0 Å². The van der Waals surface area contributed by atoms with Gasteiger partial charge in [0.15, 0.2) is 5.82 Å². The molecule has 2 heterocycles. The van der Waals surface area contributed by atoms with Crippen molar-refractivity contribution in [3.8, 4) is 16.9 Å². The first kappa shape index (κ1) is 19.4. The van der Waals surface area contributed by atoms with E-state index in [4.69, 9.17) is 16.3 Å². The summed E-state index contributed by atoms with van der Waals surface area (Å²) >= 11 is 5.74. The third-order valence-electron chi connectivity index (χ3n) is 4.11. The van der Waals surface area contributed by atoms with Crippen molar-refractivity contribution in [3.63, 3.8) is 0 Å². The average molecular weight is 403 g/mol. The molecular formula is C18H19ClN6O3. The molecule has 0 saturated carbocycles. The van der Waals surface area contributed by atoms with Crippen LogP contribution in [0.3, 0.4) is 0 Å². The summed E-state index contributed by atoms with van der Waals surface area (Å²) in [6.07, 6.45) is 0. The molecule has 0 amide bonds. The summed E-state index contributed by atoms with van der Waals surface area (Å²) in [5.74, 6) is -0.441. The van der Waals surface area contributed by atoms with Crippen molar-refractivity contribution >= 4 is 28.6 Å². The Hall–Kier alpha value is -3.33. The van der Waals surface area contributed by atoms with E-state index in [0.29, 0.717) is 17.1 Å². The van der Waals surface area contributed by atoms with Crippen LogP contribution < -0.4 is 11.0 Å². The normalized spacial score (nSPS) is 11.5. The summed E-state index contributed by atoms with van der Waals surface area (Å²) in [4.78, 5) is 24.5. The minimum absolute atomic E-state index is 0.186. The second-order valence-electron chi connectivity index (χ2n) is 5.84. The molecule has 0 aliphatic heterocycles. The van der Waals surface area contributed by atoms with Gasteiger partial charge in [0.05, 0.1) is 23.6 Å². The fourth-order valence-corrected chi connectivity index (χ4v) is 2.82. The molecule has 0 aliphatic carbocycles. The molecule has 3 rings (SSSR count). The molecule has 28 heavy (non-hydrogen) atoms. The second-order valence-corrected chi connectivity index (χ2v) is 6.20. The Kier molecular flexibility index (Phi) is 5.65. The van der Waals surface area contributed by atoms with Gasteiger partial charge in [-0.05, 0) is 26.0 Å². The summed E-state index contributed by atoms with van der Waals surface area (Å²) < 4.78 is 8.09. The largest absolute Gasteiger partial charge is 0.461 e. The zero-order valence-corrected chi connectivity index (χ0v) is 16.3. The summed E-state index contributed by atoms with van der Waals surface area (Å²) in [5.41, 5.74) is 4.89. The van der Waals surface area contributed by atoms with Gasteiger partial charge >= 0.3 is 5.97 Å². The van der Waals surface area contributed by atoms with Crippen LogP contribution in [0.4, 0.5) is 5.82 Å². The number of esters is 1. The van der Waals surface area contributed by atoms with Crippen LogP contribution >= 0.6 is 11.6 Å². The Morgan fingerprint density at radius 1 is 1.36 bits per heavy atom. The Morgan fingerprint density at radius 3 is 2.75 bits per heavy atom. The monoisotopic (exact) mass is 402 g/mol. The van der Waals surface area contributed by atoms with Crippen LogP contribution in [0.1, 0.15) is 12.6 Å². The number of halogens is 1. The number of aromatic nitrogens is 4. The maximum absolute atomic E-state index is 13.0. The highest BCUT2D eigenvalue weighted by atomic mass is 35.5. The van der Waals surface area contributed by atoms with Gasteiger partial charge < -0.3 is 4.74 Å². The molecule has 0 spiro atoms. The average Bonchev–Trinajstić information content (AvgIpc) is 3.23. The van der Waals surface area contributed by atoms with Gasteiger partial charge in [-0.2, -0.15) is 10.2 Å². The number of H-pyrrole nitrogens is 1. The van der Waals surface area contributed by atoms with Gasteiger partial charge in [-0.1, -0.05) is 29.8 Å². The molecule has 2 aromatic heterocycles. The number of nitrogens with zero attached hydrogens (tertiary/aromatic N) is 4. The number of nitrogens with one attached hydrogen (secondary N) is 2. The first-order valence-corrected chi connectivity index (χ1v) is 8.88. The van der Waals surface area contributed by atoms with E-state index in [-0.39, 0.29) is 17.3 Å². The second kappa shape index (κ2) is 8.13. The quantitative estimate of drug-likeness (QED) is 0.374. The number of benzene rings is 1. The standard InChI is InChI=1S/C18H19ClN6O3/c1-4-28-18(27)16(19)23-22-14-10-13(20-21-14)15-11(2)24(3)25(17(15)26)12-8-6-5-7-9-12/h5-10H,4H2,1-3H3,(H2,20,21,22).